The van der Waals surface area contributed by atoms with Crippen LogP contribution in [0, 0.1) is 0 Å². The van der Waals surface area contributed by atoms with Gasteiger partial charge < -0.3 is 15.8 Å². The molecule has 2 aromatic carbocycles. The van der Waals surface area contributed by atoms with Crippen molar-refractivity contribution in [1.29, 1.82) is 0 Å². The highest BCUT2D eigenvalue weighted by molar-refractivity contribution is 5.94. The molecule has 102 valence electrons. The van der Waals surface area contributed by atoms with E-state index < -0.39 is 0 Å². The summed E-state index contributed by atoms with van der Waals surface area (Å²) in [5, 5.41) is 3.00. The molecule has 20 heavy (non-hydrogen) atoms. The molecule has 0 spiro atoms. The Morgan fingerprint density at radius 2 is 2.10 bits per heavy atom. The van der Waals surface area contributed by atoms with Gasteiger partial charge in [-0.25, -0.2) is 0 Å². The predicted molar refractivity (Wildman–Crippen MR) is 76.5 cm³/mol. The van der Waals surface area contributed by atoms with Crippen LogP contribution in [0.1, 0.15) is 27.5 Å². The Bertz CT molecular complexity index is 640. The number of hydrogen-bond donors (Lipinski definition) is 2. The molecule has 1 unspecified atom stereocenters. The van der Waals surface area contributed by atoms with Crippen molar-refractivity contribution >= 4 is 5.91 Å². The van der Waals surface area contributed by atoms with E-state index in [-0.39, 0.29) is 11.9 Å². The zero-order chi connectivity index (χ0) is 13.9. The van der Waals surface area contributed by atoms with Gasteiger partial charge in [0.05, 0.1) is 6.04 Å². The average Bonchev–Trinajstić information content (AvgIpc) is 2.90. The molecule has 4 nitrogen and oxygen atoms in total. The van der Waals surface area contributed by atoms with Crippen LogP contribution in [0.5, 0.6) is 5.75 Å². The molecule has 0 fully saturated rings. The Morgan fingerprint density at radius 3 is 2.95 bits per heavy atom. The maximum Gasteiger partial charge on any atom is 0.251 e. The van der Waals surface area contributed by atoms with Crippen LogP contribution in [-0.2, 0) is 6.54 Å². The summed E-state index contributed by atoms with van der Waals surface area (Å²) in [5.41, 5.74) is 8.19. The Hall–Kier alpha value is -2.33. The minimum atomic E-state index is -0.106. The van der Waals surface area contributed by atoms with E-state index in [1.807, 2.05) is 42.5 Å². The number of carbonyl (C=O) groups excluding carboxylic acids is 1. The van der Waals surface area contributed by atoms with Crippen molar-refractivity contribution in [2.45, 2.75) is 12.6 Å². The molecule has 1 atom stereocenters. The molecule has 0 aliphatic carbocycles. The Balaban J connectivity index is 1.77. The number of rotatable bonds is 3. The van der Waals surface area contributed by atoms with Crippen LogP contribution in [0.25, 0.3) is 0 Å². The normalized spacial score (nSPS) is 16.4. The van der Waals surface area contributed by atoms with Gasteiger partial charge in [0.2, 0.25) is 0 Å². The fraction of sp³-hybridized carbons (Fsp3) is 0.188. The predicted octanol–water partition coefficient (Wildman–Crippen LogP) is 2.01. The third-order valence-corrected chi connectivity index (χ3v) is 3.43. The minimum Gasteiger partial charge on any atom is -0.491 e. The lowest BCUT2D eigenvalue weighted by Crippen LogP contribution is -2.29. The second-order valence-electron chi connectivity index (χ2n) is 4.78. The van der Waals surface area contributed by atoms with Crippen molar-refractivity contribution in [2.24, 2.45) is 5.73 Å². The van der Waals surface area contributed by atoms with Crippen molar-refractivity contribution in [1.82, 2.24) is 5.32 Å². The molecule has 1 aliphatic rings. The van der Waals surface area contributed by atoms with Crippen molar-refractivity contribution in [3.05, 3.63) is 65.2 Å². The number of hydrogen-bond acceptors (Lipinski definition) is 3. The van der Waals surface area contributed by atoms with E-state index in [2.05, 4.69) is 5.32 Å². The molecule has 1 aliphatic heterocycles. The Kier molecular flexibility index (Phi) is 3.39. The van der Waals surface area contributed by atoms with Crippen molar-refractivity contribution in [3.8, 4) is 5.75 Å². The molecule has 0 saturated heterocycles. The summed E-state index contributed by atoms with van der Waals surface area (Å²) in [7, 11) is 0. The molecule has 0 bridgehead atoms. The quantitative estimate of drug-likeness (QED) is 0.895. The van der Waals surface area contributed by atoms with Crippen molar-refractivity contribution in [3.63, 3.8) is 0 Å². The molecule has 0 radical (unpaired) electrons. The van der Waals surface area contributed by atoms with Gasteiger partial charge in [-0.05, 0) is 23.8 Å². The van der Waals surface area contributed by atoms with E-state index in [0.717, 1.165) is 16.9 Å². The molecule has 3 N–H and O–H groups in total. The molecule has 4 heteroatoms. The number of carbonyl (C=O) groups is 1. The summed E-state index contributed by atoms with van der Waals surface area (Å²) in [6, 6.07) is 15.0. The van der Waals surface area contributed by atoms with Crippen LogP contribution in [0.3, 0.4) is 0 Å². The molecule has 3 rings (SSSR count). The lowest BCUT2D eigenvalue weighted by atomic mass is 10.1. The molecular formula is C16H16N2O2. The van der Waals surface area contributed by atoms with Crippen LogP contribution in [0.15, 0.2) is 48.5 Å². The Morgan fingerprint density at radius 1 is 1.25 bits per heavy atom. The fourth-order valence-electron chi connectivity index (χ4n) is 2.36. The zero-order valence-corrected chi connectivity index (χ0v) is 11.0. The highest BCUT2D eigenvalue weighted by atomic mass is 16.5. The van der Waals surface area contributed by atoms with Gasteiger partial charge in [0.25, 0.3) is 5.91 Å². The molecule has 0 saturated carbocycles. The van der Waals surface area contributed by atoms with Crippen molar-refractivity contribution < 1.29 is 9.53 Å². The second-order valence-corrected chi connectivity index (χ2v) is 4.78. The fourth-order valence-corrected chi connectivity index (χ4v) is 2.36. The number of benzene rings is 2. The minimum absolute atomic E-state index is 0.0970. The SMILES string of the molecule is NCc1cccc(C(=O)NC2COc3ccccc32)c1. The highest BCUT2D eigenvalue weighted by Gasteiger charge is 2.25. The number of nitrogens with two attached hydrogens (primary N) is 1. The van der Waals surface area contributed by atoms with E-state index in [1.165, 1.54) is 0 Å². The standard InChI is InChI=1S/C16H16N2O2/c17-9-11-4-3-5-12(8-11)16(19)18-14-10-20-15-7-2-1-6-13(14)15/h1-8,14H,9-10,17H2,(H,18,19). The third-order valence-electron chi connectivity index (χ3n) is 3.43. The van der Waals surface area contributed by atoms with E-state index in [9.17, 15) is 4.79 Å². The van der Waals surface area contributed by atoms with Gasteiger partial charge in [0, 0.05) is 17.7 Å². The lowest BCUT2D eigenvalue weighted by molar-refractivity contribution is 0.0930. The molecule has 1 amide bonds. The van der Waals surface area contributed by atoms with Gasteiger partial charge in [0.1, 0.15) is 12.4 Å². The van der Waals surface area contributed by atoms with E-state index in [0.29, 0.717) is 18.7 Å². The number of ether oxygens (including phenoxy) is 1. The smallest absolute Gasteiger partial charge is 0.251 e. The first kappa shape index (κ1) is 12.7. The molecule has 2 aromatic rings. The maximum atomic E-state index is 12.3. The van der Waals surface area contributed by atoms with Gasteiger partial charge in [-0.2, -0.15) is 0 Å². The zero-order valence-electron chi connectivity index (χ0n) is 11.0. The summed E-state index contributed by atoms with van der Waals surface area (Å²) < 4.78 is 5.56. The largest absolute Gasteiger partial charge is 0.491 e. The van der Waals surface area contributed by atoms with Gasteiger partial charge >= 0.3 is 0 Å². The first-order chi connectivity index (χ1) is 9.78. The van der Waals surface area contributed by atoms with E-state index in [4.69, 9.17) is 10.5 Å². The summed E-state index contributed by atoms with van der Waals surface area (Å²) in [6.07, 6.45) is 0. The summed E-state index contributed by atoms with van der Waals surface area (Å²) >= 11 is 0. The monoisotopic (exact) mass is 268 g/mol. The number of fused-ring (bicyclic) bond motifs is 1. The van der Waals surface area contributed by atoms with Crippen LogP contribution in [-0.4, -0.2) is 12.5 Å². The number of amides is 1. The first-order valence-corrected chi connectivity index (χ1v) is 6.59. The van der Waals surface area contributed by atoms with Crippen molar-refractivity contribution in [2.75, 3.05) is 6.61 Å². The Labute approximate surface area is 117 Å². The van der Waals surface area contributed by atoms with Gasteiger partial charge in [-0.1, -0.05) is 30.3 Å². The molecule has 0 aromatic heterocycles. The highest BCUT2D eigenvalue weighted by Crippen LogP contribution is 2.31. The van der Waals surface area contributed by atoms with Gasteiger partial charge in [-0.3, -0.25) is 4.79 Å². The van der Waals surface area contributed by atoms with E-state index >= 15 is 0 Å². The van der Waals surface area contributed by atoms with Gasteiger partial charge in [0.15, 0.2) is 0 Å². The maximum absolute atomic E-state index is 12.3. The topological polar surface area (TPSA) is 64.4 Å². The van der Waals surface area contributed by atoms with Gasteiger partial charge in [-0.15, -0.1) is 0 Å². The molecule has 1 heterocycles. The van der Waals surface area contributed by atoms with Crippen LogP contribution in [0.2, 0.25) is 0 Å². The lowest BCUT2D eigenvalue weighted by Gasteiger charge is -2.12. The number of nitrogens with one attached hydrogen (secondary N) is 1. The second kappa shape index (κ2) is 5.35. The molecular weight excluding hydrogens is 252 g/mol. The first-order valence-electron chi connectivity index (χ1n) is 6.59. The average molecular weight is 268 g/mol. The summed E-state index contributed by atoms with van der Waals surface area (Å²) in [6.45, 7) is 0.901. The summed E-state index contributed by atoms with van der Waals surface area (Å²) in [4.78, 5) is 12.3. The van der Waals surface area contributed by atoms with Crippen LogP contribution >= 0.6 is 0 Å². The summed E-state index contributed by atoms with van der Waals surface area (Å²) in [5.74, 6) is 0.735. The third kappa shape index (κ3) is 2.38. The van der Waals surface area contributed by atoms with Crippen LogP contribution < -0.4 is 15.8 Å². The number of para-hydroxylation sites is 1. The van der Waals surface area contributed by atoms with Crippen LogP contribution in [0.4, 0.5) is 0 Å². The van der Waals surface area contributed by atoms with E-state index in [1.54, 1.807) is 6.07 Å².